The van der Waals surface area contributed by atoms with Crippen LogP contribution in [0.3, 0.4) is 0 Å². The first-order valence-corrected chi connectivity index (χ1v) is 7.89. The van der Waals surface area contributed by atoms with Gasteiger partial charge < -0.3 is 20.1 Å². The van der Waals surface area contributed by atoms with E-state index in [0.29, 0.717) is 26.3 Å². The number of carbonyl (C=O) groups is 2. The van der Waals surface area contributed by atoms with Crippen LogP contribution in [0.25, 0.3) is 0 Å². The molecule has 0 heterocycles. The molecule has 0 aromatic heterocycles. The van der Waals surface area contributed by atoms with E-state index in [1.54, 1.807) is 4.90 Å². The number of nitrogens with one attached hydrogen (secondary N) is 1. The number of rotatable bonds is 8. The number of carboxylic acid groups (broad SMARTS) is 1. The third kappa shape index (κ3) is 5.91. The molecule has 122 valence electrons. The fourth-order valence-corrected chi connectivity index (χ4v) is 2.89. The van der Waals surface area contributed by atoms with Crippen molar-refractivity contribution in [1.82, 2.24) is 10.2 Å². The van der Waals surface area contributed by atoms with Crippen LogP contribution in [0.4, 0.5) is 4.79 Å². The van der Waals surface area contributed by atoms with E-state index in [9.17, 15) is 9.59 Å². The molecular weight excluding hydrogens is 272 g/mol. The Hall–Kier alpha value is -1.30. The highest BCUT2D eigenvalue weighted by atomic mass is 16.5. The Morgan fingerprint density at radius 1 is 1.24 bits per heavy atom. The minimum Gasteiger partial charge on any atom is -0.481 e. The maximum Gasteiger partial charge on any atom is 0.317 e. The molecular formula is C15H28N2O4. The molecule has 0 atom stereocenters. The van der Waals surface area contributed by atoms with E-state index < -0.39 is 11.5 Å². The predicted octanol–water partition coefficient (Wildman–Crippen LogP) is 2.23. The van der Waals surface area contributed by atoms with E-state index >= 15 is 0 Å². The molecule has 2 amide bonds. The quantitative estimate of drug-likeness (QED) is 0.674. The van der Waals surface area contributed by atoms with Crippen molar-refractivity contribution < 1.29 is 19.4 Å². The molecule has 0 aliphatic heterocycles. The Kier molecular flexibility index (Phi) is 7.50. The monoisotopic (exact) mass is 300 g/mol. The summed E-state index contributed by atoms with van der Waals surface area (Å²) in [6.07, 6.45) is 4.54. The summed E-state index contributed by atoms with van der Waals surface area (Å²) in [5, 5.41) is 12.1. The lowest BCUT2D eigenvalue weighted by molar-refractivity contribution is -0.139. The first kappa shape index (κ1) is 17.8. The molecule has 1 aliphatic rings. The summed E-state index contributed by atoms with van der Waals surface area (Å²) in [5.74, 6) is -0.852. The van der Waals surface area contributed by atoms with Crippen LogP contribution in [0.15, 0.2) is 0 Å². The molecule has 1 fully saturated rings. The van der Waals surface area contributed by atoms with E-state index in [1.165, 1.54) is 0 Å². The smallest absolute Gasteiger partial charge is 0.317 e. The van der Waals surface area contributed by atoms with Gasteiger partial charge in [0.2, 0.25) is 0 Å². The molecule has 0 aromatic carbocycles. The zero-order chi connectivity index (χ0) is 15.7. The maximum atomic E-state index is 12.4. The van der Waals surface area contributed by atoms with Crippen LogP contribution < -0.4 is 5.32 Å². The normalized spacial score (nSPS) is 17.2. The largest absolute Gasteiger partial charge is 0.481 e. The number of carboxylic acids is 1. The van der Waals surface area contributed by atoms with Crippen molar-refractivity contribution in [1.29, 1.82) is 0 Å². The summed E-state index contributed by atoms with van der Waals surface area (Å²) in [6, 6.07) is -0.180. The number of hydrogen-bond donors (Lipinski definition) is 2. The molecule has 0 radical (unpaired) electrons. The highest BCUT2D eigenvalue weighted by Gasteiger charge is 2.36. The Bertz CT molecular complexity index is 341. The average molecular weight is 300 g/mol. The van der Waals surface area contributed by atoms with Gasteiger partial charge in [-0.1, -0.05) is 19.3 Å². The summed E-state index contributed by atoms with van der Waals surface area (Å²) >= 11 is 0. The molecule has 1 rings (SSSR count). The van der Waals surface area contributed by atoms with Gasteiger partial charge in [-0.2, -0.15) is 0 Å². The summed E-state index contributed by atoms with van der Waals surface area (Å²) in [7, 11) is 0. The van der Waals surface area contributed by atoms with Crippen LogP contribution in [0, 0.1) is 0 Å². The summed E-state index contributed by atoms with van der Waals surface area (Å²) < 4.78 is 5.28. The van der Waals surface area contributed by atoms with Gasteiger partial charge in [-0.05, 0) is 26.7 Å². The molecule has 1 saturated carbocycles. The lowest BCUT2D eigenvalue weighted by Crippen LogP contribution is -2.55. The average Bonchev–Trinajstić information content (AvgIpc) is 2.43. The molecule has 0 unspecified atom stereocenters. The predicted molar refractivity (Wildman–Crippen MR) is 80.3 cm³/mol. The van der Waals surface area contributed by atoms with Gasteiger partial charge in [-0.15, -0.1) is 0 Å². The van der Waals surface area contributed by atoms with Crippen LogP contribution in [-0.4, -0.2) is 53.8 Å². The number of likely N-dealkylation sites (N-methyl/N-ethyl adjacent to an activating group) is 1. The molecule has 6 heteroatoms. The zero-order valence-electron chi connectivity index (χ0n) is 13.2. The van der Waals surface area contributed by atoms with E-state index in [0.717, 1.165) is 32.1 Å². The Labute approximate surface area is 126 Å². The van der Waals surface area contributed by atoms with Gasteiger partial charge in [0.15, 0.2) is 0 Å². The number of ether oxygens (including phenoxy) is 1. The lowest BCUT2D eigenvalue weighted by Gasteiger charge is -2.38. The molecule has 21 heavy (non-hydrogen) atoms. The lowest BCUT2D eigenvalue weighted by atomic mass is 9.79. The van der Waals surface area contributed by atoms with Gasteiger partial charge in [0, 0.05) is 19.7 Å². The summed E-state index contributed by atoms with van der Waals surface area (Å²) in [4.78, 5) is 25.2. The molecule has 0 aromatic rings. The molecule has 2 N–H and O–H groups in total. The molecule has 0 saturated heterocycles. The van der Waals surface area contributed by atoms with Crippen LogP contribution in [-0.2, 0) is 9.53 Å². The third-order valence-electron chi connectivity index (χ3n) is 4.05. The number of carbonyl (C=O) groups excluding carboxylic acids is 1. The highest BCUT2D eigenvalue weighted by Crippen LogP contribution is 2.31. The minimum atomic E-state index is -0.852. The molecule has 0 bridgehead atoms. The van der Waals surface area contributed by atoms with E-state index in [4.69, 9.17) is 9.84 Å². The van der Waals surface area contributed by atoms with Crippen molar-refractivity contribution >= 4 is 12.0 Å². The Balaban J connectivity index is 2.63. The van der Waals surface area contributed by atoms with E-state index in [-0.39, 0.29) is 12.5 Å². The fourth-order valence-electron chi connectivity index (χ4n) is 2.89. The van der Waals surface area contributed by atoms with Crippen molar-refractivity contribution in [3.05, 3.63) is 0 Å². The molecule has 0 spiro atoms. The van der Waals surface area contributed by atoms with Gasteiger partial charge in [-0.25, -0.2) is 4.79 Å². The number of urea groups is 1. The van der Waals surface area contributed by atoms with E-state index in [1.807, 2.05) is 13.8 Å². The number of aliphatic carboxylic acids is 1. The second-order valence-corrected chi connectivity index (χ2v) is 5.62. The van der Waals surface area contributed by atoms with Crippen molar-refractivity contribution in [2.45, 2.75) is 57.9 Å². The Morgan fingerprint density at radius 3 is 2.43 bits per heavy atom. The van der Waals surface area contributed by atoms with Gasteiger partial charge in [0.1, 0.15) is 0 Å². The Morgan fingerprint density at radius 2 is 1.90 bits per heavy atom. The highest BCUT2D eigenvalue weighted by molar-refractivity contribution is 5.77. The van der Waals surface area contributed by atoms with Crippen molar-refractivity contribution in [2.75, 3.05) is 26.3 Å². The third-order valence-corrected chi connectivity index (χ3v) is 4.05. The van der Waals surface area contributed by atoms with Crippen molar-refractivity contribution in [2.24, 2.45) is 0 Å². The summed E-state index contributed by atoms with van der Waals surface area (Å²) in [6.45, 7) is 6.07. The van der Waals surface area contributed by atoms with Gasteiger partial charge in [0.25, 0.3) is 0 Å². The zero-order valence-corrected chi connectivity index (χ0v) is 13.2. The maximum absolute atomic E-state index is 12.4. The van der Waals surface area contributed by atoms with Gasteiger partial charge in [0.05, 0.1) is 18.6 Å². The van der Waals surface area contributed by atoms with Crippen molar-refractivity contribution in [3.8, 4) is 0 Å². The second-order valence-electron chi connectivity index (χ2n) is 5.62. The number of hydrogen-bond acceptors (Lipinski definition) is 3. The topological polar surface area (TPSA) is 78.9 Å². The van der Waals surface area contributed by atoms with E-state index in [2.05, 4.69) is 5.32 Å². The number of amides is 2. The first-order chi connectivity index (χ1) is 10.0. The SMILES string of the molecule is CCOCCN(CC)C(=O)NC1(CC(=O)O)CCCCC1. The van der Waals surface area contributed by atoms with Gasteiger partial charge in [-0.3, -0.25) is 4.79 Å². The first-order valence-electron chi connectivity index (χ1n) is 7.89. The fraction of sp³-hybridized carbons (Fsp3) is 0.867. The van der Waals surface area contributed by atoms with Crippen LogP contribution in [0.5, 0.6) is 0 Å². The molecule has 6 nitrogen and oxygen atoms in total. The standard InChI is InChI=1S/C15H28N2O4/c1-3-17(10-11-21-4-2)14(20)16-15(12-13(18)19)8-6-5-7-9-15/h3-12H2,1-2H3,(H,16,20)(H,18,19). The van der Waals surface area contributed by atoms with Crippen LogP contribution in [0.2, 0.25) is 0 Å². The van der Waals surface area contributed by atoms with Crippen molar-refractivity contribution in [3.63, 3.8) is 0 Å². The van der Waals surface area contributed by atoms with Crippen LogP contribution >= 0.6 is 0 Å². The number of nitrogens with zero attached hydrogens (tertiary/aromatic N) is 1. The van der Waals surface area contributed by atoms with Gasteiger partial charge >= 0.3 is 12.0 Å². The van der Waals surface area contributed by atoms with Crippen LogP contribution in [0.1, 0.15) is 52.4 Å². The summed E-state index contributed by atoms with van der Waals surface area (Å²) in [5.41, 5.74) is -0.583. The molecule has 1 aliphatic carbocycles. The second kappa shape index (κ2) is 8.87. The minimum absolute atomic E-state index is 0.00174.